The highest BCUT2D eigenvalue weighted by molar-refractivity contribution is 5.63. The molecule has 0 aromatic heterocycles. The molecule has 3 saturated carbocycles. The summed E-state index contributed by atoms with van der Waals surface area (Å²) in [5, 5.41) is 10.9. The second-order valence-electron chi connectivity index (χ2n) is 12.8. The molecular formula is C28H37NO4. The van der Waals surface area contributed by atoms with Crippen molar-refractivity contribution in [1.82, 2.24) is 4.90 Å². The van der Waals surface area contributed by atoms with E-state index < -0.39 is 0 Å². The second kappa shape index (κ2) is 5.98. The molecule has 4 bridgehead atoms. The molecule has 1 N–H and O–H groups in total. The molecule has 178 valence electrons. The van der Waals surface area contributed by atoms with Crippen molar-refractivity contribution in [2.45, 2.75) is 88.6 Å². The number of hydrogen-bond acceptors (Lipinski definition) is 5. The van der Waals surface area contributed by atoms with Crippen LogP contribution in [0.25, 0.3) is 0 Å². The minimum Gasteiger partial charge on any atom is -0.504 e. The van der Waals surface area contributed by atoms with E-state index in [9.17, 15) is 5.11 Å². The Hall–Kier alpha value is -1.56. The number of phenols is 1. The van der Waals surface area contributed by atoms with E-state index in [1.54, 1.807) is 0 Å². The number of phenolic OH excluding ortho intramolecular Hbond substituents is 1. The third kappa shape index (κ3) is 2.02. The van der Waals surface area contributed by atoms with Gasteiger partial charge in [-0.15, -0.1) is 6.58 Å². The molecule has 0 radical (unpaired) electrons. The van der Waals surface area contributed by atoms with Gasteiger partial charge in [0.2, 0.25) is 0 Å². The quantitative estimate of drug-likeness (QED) is 0.669. The van der Waals surface area contributed by atoms with Crippen molar-refractivity contribution >= 4 is 0 Å². The highest BCUT2D eigenvalue weighted by atomic mass is 16.7. The molecule has 5 nitrogen and oxygen atoms in total. The summed E-state index contributed by atoms with van der Waals surface area (Å²) < 4.78 is 20.2. The summed E-state index contributed by atoms with van der Waals surface area (Å²) in [5.74, 6) is 1.28. The fourth-order valence-electron chi connectivity index (χ4n) is 9.58. The van der Waals surface area contributed by atoms with Gasteiger partial charge in [-0.05, 0) is 62.6 Å². The molecule has 7 aliphatic rings. The van der Waals surface area contributed by atoms with Crippen LogP contribution in [0.15, 0.2) is 24.8 Å². The number of nitrogens with zero attached hydrogens (tertiary/aromatic N) is 1. The first-order chi connectivity index (χ1) is 15.6. The lowest BCUT2D eigenvalue weighted by molar-refractivity contribution is -0.389. The van der Waals surface area contributed by atoms with Gasteiger partial charge in [0.1, 0.15) is 18.5 Å². The fourth-order valence-corrected chi connectivity index (χ4v) is 9.58. The summed E-state index contributed by atoms with van der Waals surface area (Å²) in [5.41, 5.74) is 1.95. The molecule has 3 spiro atoms. The Labute approximate surface area is 197 Å². The van der Waals surface area contributed by atoms with Gasteiger partial charge in [-0.3, -0.25) is 4.90 Å². The van der Waals surface area contributed by atoms with Crippen LogP contribution < -0.4 is 4.74 Å². The summed E-state index contributed by atoms with van der Waals surface area (Å²) in [6, 6.07) is 4.44. The maximum atomic E-state index is 10.9. The monoisotopic (exact) mass is 451 g/mol. The maximum Gasteiger partial charge on any atom is 0.165 e. The van der Waals surface area contributed by atoms with Crippen LogP contribution in [0.5, 0.6) is 11.5 Å². The van der Waals surface area contributed by atoms with Crippen LogP contribution in [-0.2, 0) is 21.3 Å². The molecular weight excluding hydrogens is 414 g/mol. The van der Waals surface area contributed by atoms with E-state index in [1.165, 1.54) is 11.1 Å². The molecule has 7 atom stereocenters. The largest absolute Gasteiger partial charge is 0.504 e. The zero-order chi connectivity index (χ0) is 23.0. The topological polar surface area (TPSA) is 51.2 Å². The third-order valence-electron chi connectivity index (χ3n) is 11.3. The lowest BCUT2D eigenvalue weighted by atomic mass is 9.33. The van der Waals surface area contributed by atoms with E-state index in [2.05, 4.69) is 51.3 Å². The Balaban J connectivity index is 1.51. The number of hydrogen-bond donors (Lipinski definition) is 1. The van der Waals surface area contributed by atoms with Gasteiger partial charge in [0.15, 0.2) is 11.5 Å². The molecule has 33 heavy (non-hydrogen) atoms. The van der Waals surface area contributed by atoms with E-state index in [0.717, 1.165) is 50.9 Å². The SMILES string of the molecule is C=CCN1CC[C@]23c4c5ccc(O)c4O[C@H]2[C@@]24CC[C@@]3(CC2[C@@](C)(C(C)(C)C)OCO4)[C@H]1C5. The van der Waals surface area contributed by atoms with E-state index in [1.807, 2.05) is 6.07 Å². The van der Waals surface area contributed by atoms with E-state index in [0.29, 0.717) is 12.8 Å². The predicted octanol–water partition coefficient (Wildman–Crippen LogP) is 4.56. The second-order valence-corrected chi connectivity index (χ2v) is 12.8. The summed E-state index contributed by atoms with van der Waals surface area (Å²) >= 11 is 0. The molecule has 5 heteroatoms. The molecule has 5 fully saturated rings. The highest BCUT2D eigenvalue weighted by Crippen LogP contribution is 2.78. The number of piperidine rings is 1. The molecule has 1 unspecified atom stereocenters. The van der Waals surface area contributed by atoms with Crippen molar-refractivity contribution in [1.29, 1.82) is 0 Å². The van der Waals surface area contributed by atoms with Crippen LogP contribution in [-0.4, -0.2) is 53.2 Å². The van der Waals surface area contributed by atoms with Crippen molar-refractivity contribution in [2.24, 2.45) is 16.7 Å². The van der Waals surface area contributed by atoms with Crippen molar-refractivity contribution < 1.29 is 19.3 Å². The zero-order valence-corrected chi connectivity index (χ0v) is 20.4. The minimum atomic E-state index is -0.382. The minimum absolute atomic E-state index is 0.0287. The van der Waals surface area contributed by atoms with Crippen molar-refractivity contribution in [3.63, 3.8) is 0 Å². The molecule has 3 aliphatic heterocycles. The molecule has 4 aliphatic carbocycles. The molecule has 3 heterocycles. The van der Waals surface area contributed by atoms with Gasteiger partial charge in [-0.2, -0.15) is 0 Å². The predicted molar refractivity (Wildman–Crippen MR) is 125 cm³/mol. The first kappa shape index (κ1) is 20.8. The number of benzene rings is 1. The van der Waals surface area contributed by atoms with Crippen molar-refractivity contribution in [2.75, 3.05) is 19.9 Å². The van der Waals surface area contributed by atoms with E-state index in [-0.39, 0.29) is 45.2 Å². The highest BCUT2D eigenvalue weighted by Gasteiger charge is 2.83. The van der Waals surface area contributed by atoms with Gasteiger partial charge in [0.25, 0.3) is 0 Å². The number of likely N-dealkylation sites (tertiary alicyclic amines) is 1. The molecule has 1 aromatic carbocycles. The number of aromatic hydroxyl groups is 1. The normalized spacial score (nSPS) is 47.0. The van der Waals surface area contributed by atoms with Gasteiger partial charge in [-0.1, -0.05) is 32.9 Å². The van der Waals surface area contributed by atoms with Crippen LogP contribution >= 0.6 is 0 Å². The van der Waals surface area contributed by atoms with E-state index >= 15 is 0 Å². The number of rotatable bonds is 2. The van der Waals surface area contributed by atoms with Crippen LogP contribution in [0.2, 0.25) is 0 Å². The molecule has 1 aromatic rings. The van der Waals surface area contributed by atoms with Gasteiger partial charge < -0.3 is 19.3 Å². The Bertz CT molecular complexity index is 1060. The van der Waals surface area contributed by atoms with Gasteiger partial charge >= 0.3 is 0 Å². The summed E-state index contributed by atoms with van der Waals surface area (Å²) in [7, 11) is 0. The summed E-state index contributed by atoms with van der Waals surface area (Å²) in [6.07, 6.45) is 7.31. The summed E-state index contributed by atoms with van der Waals surface area (Å²) in [6.45, 7) is 15.6. The Morgan fingerprint density at radius 3 is 2.79 bits per heavy atom. The zero-order valence-electron chi connectivity index (χ0n) is 20.4. The van der Waals surface area contributed by atoms with Crippen LogP contribution in [0.3, 0.4) is 0 Å². The third-order valence-corrected chi connectivity index (χ3v) is 11.3. The standard InChI is InChI=1S/C28H37NO4/c1-6-12-29-13-11-27-21-17-7-8-18(30)22(21)33-23(27)28-10-9-26(27,20(29)14-17)15-19(28)25(5,24(2,3)4)31-16-32-28/h6-8,19-20,23,30H,1,9-16H2,2-5H3/t19?,20-,23-,25+,26-,27+,28-/m1/s1. The van der Waals surface area contributed by atoms with Gasteiger partial charge in [0.05, 0.1) is 5.60 Å². The molecule has 8 rings (SSSR count). The maximum absolute atomic E-state index is 10.9. The van der Waals surface area contributed by atoms with Crippen molar-refractivity contribution in [3.8, 4) is 11.5 Å². The van der Waals surface area contributed by atoms with Crippen LogP contribution in [0.4, 0.5) is 0 Å². The lowest BCUT2D eigenvalue weighted by Gasteiger charge is -2.76. The van der Waals surface area contributed by atoms with Crippen LogP contribution in [0, 0.1) is 16.7 Å². The summed E-state index contributed by atoms with van der Waals surface area (Å²) in [4.78, 5) is 2.68. The van der Waals surface area contributed by atoms with Gasteiger partial charge in [-0.25, -0.2) is 0 Å². The average molecular weight is 452 g/mol. The Morgan fingerprint density at radius 1 is 1.21 bits per heavy atom. The Morgan fingerprint density at radius 2 is 2.03 bits per heavy atom. The average Bonchev–Trinajstić information content (AvgIpc) is 3.14. The first-order valence-corrected chi connectivity index (χ1v) is 12.8. The smallest absolute Gasteiger partial charge is 0.165 e. The number of fused-ring (bicyclic) bond motifs is 1. The Kier molecular flexibility index (Phi) is 3.76. The molecule has 2 saturated heterocycles. The van der Waals surface area contributed by atoms with Crippen LogP contribution in [0.1, 0.15) is 64.5 Å². The van der Waals surface area contributed by atoms with E-state index in [4.69, 9.17) is 14.2 Å². The first-order valence-electron chi connectivity index (χ1n) is 12.8. The van der Waals surface area contributed by atoms with Gasteiger partial charge in [0, 0.05) is 34.9 Å². The molecule has 0 amide bonds. The number of ether oxygens (including phenoxy) is 3. The fraction of sp³-hybridized carbons (Fsp3) is 0.714. The lowest BCUT2D eigenvalue weighted by Crippen LogP contribution is -2.84. The van der Waals surface area contributed by atoms with Crippen molar-refractivity contribution in [3.05, 3.63) is 35.9 Å².